The van der Waals surface area contributed by atoms with E-state index < -0.39 is 5.97 Å². The van der Waals surface area contributed by atoms with Crippen LogP contribution in [0.5, 0.6) is 0 Å². The second kappa shape index (κ2) is 4.24. The summed E-state index contributed by atoms with van der Waals surface area (Å²) in [7, 11) is 0. The molecule has 1 N–H and O–H groups in total. The van der Waals surface area contributed by atoms with Crippen molar-refractivity contribution in [1.29, 1.82) is 0 Å². The summed E-state index contributed by atoms with van der Waals surface area (Å²) in [6, 6.07) is 8.26. The van der Waals surface area contributed by atoms with Gasteiger partial charge in [-0.2, -0.15) is 0 Å². The molecule has 0 aromatic heterocycles. The quantitative estimate of drug-likeness (QED) is 0.796. The maximum absolute atomic E-state index is 10.6. The van der Waals surface area contributed by atoms with Crippen LogP contribution in [-0.2, 0) is 4.79 Å². The highest BCUT2D eigenvalue weighted by molar-refractivity contribution is 7.97. The largest absolute Gasteiger partial charge is 0.481 e. The molecule has 0 aliphatic carbocycles. The first-order valence-electron chi connectivity index (χ1n) is 4.87. The zero-order valence-corrected chi connectivity index (χ0v) is 9.33. The van der Waals surface area contributed by atoms with Crippen molar-refractivity contribution in [2.45, 2.75) is 11.8 Å². The van der Waals surface area contributed by atoms with Gasteiger partial charge < -0.3 is 5.11 Å². The lowest BCUT2D eigenvalue weighted by Gasteiger charge is -2.35. The fourth-order valence-corrected chi connectivity index (χ4v) is 2.48. The zero-order valence-electron chi connectivity index (χ0n) is 8.51. The maximum Gasteiger partial charge on any atom is 0.309 e. The number of carboxylic acids is 1. The van der Waals surface area contributed by atoms with Crippen LogP contribution in [-0.4, -0.2) is 28.5 Å². The molecule has 1 fully saturated rings. The number of nitrogens with zero attached hydrogens (tertiary/aromatic N) is 1. The predicted molar refractivity (Wildman–Crippen MR) is 59.7 cm³/mol. The Morgan fingerprint density at radius 1 is 1.40 bits per heavy atom. The van der Waals surface area contributed by atoms with Crippen LogP contribution in [0.15, 0.2) is 29.2 Å². The van der Waals surface area contributed by atoms with Gasteiger partial charge in [-0.05, 0) is 31.0 Å². The Morgan fingerprint density at radius 3 is 2.53 bits per heavy atom. The van der Waals surface area contributed by atoms with E-state index in [1.165, 1.54) is 10.5 Å². The first-order valence-corrected chi connectivity index (χ1v) is 5.65. The predicted octanol–water partition coefficient (Wildman–Crippen LogP) is 2.02. The molecule has 0 unspecified atom stereocenters. The topological polar surface area (TPSA) is 40.5 Å². The molecule has 0 amide bonds. The lowest BCUT2D eigenvalue weighted by Crippen LogP contribution is -2.46. The summed E-state index contributed by atoms with van der Waals surface area (Å²) in [6.07, 6.45) is 0. The number of aliphatic carboxylic acids is 1. The molecule has 1 aliphatic heterocycles. The molecule has 0 bridgehead atoms. The molecule has 1 aliphatic rings. The van der Waals surface area contributed by atoms with E-state index in [-0.39, 0.29) is 5.92 Å². The number of hydrogen-bond acceptors (Lipinski definition) is 3. The van der Waals surface area contributed by atoms with Crippen LogP contribution in [0.2, 0.25) is 0 Å². The van der Waals surface area contributed by atoms with Crippen LogP contribution in [0.3, 0.4) is 0 Å². The lowest BCUT2D eigenvalue weighted by molar-refractivity contribution is -0.145. The monoisotopic (exact) mass is 223 g/mol. The summed E-state index contributed by atoms with van der Waals surface area (Å²) in [4.78, 5) is 11.8. The average Bonchev–Trinajstić information content (AvgIpc) is 2.13. The van der Waals surface area contributed by atoms with Gasteiger partial charge in [-0.1, -0.05) is 17.7 Å². The minimum Gasteiger partial charge on any atom is -0.481 e. The molecule has 1 heterocycles. The summed E-state index contributed by atoms with van der Waals surface area (Å²) in [5.41, 5.74) is 1.24. The van der Waals surface area contributed by atoms with Crippen LogP contribution in [0.1, 0.15) is 5.56 Å². The third-order valence-corrected chi connectivity index (χ3v) is 3.49. The SMILES string of the molecule is Cc1ccc(SN2CC(C(=O)O)C2)cc1. The number of carboxylic acid groups (broad SMARTS) is 1. The fraction of sp³-hybridized carbons (Fsp3) is 0.364. The molecular weight excluding hydrogens is 210 g/mol. The maximum atomic E-state index is 10.6. The number of aryl methyl sites for hydroxylation is 1. The third-order valence-electron chi connectivity index (χ3n) is 2.45. The fourth-order valence-electron chi connectivity index (χ4n) is 1.42. The van der Waals surface area contributed by atoms with Crippen molar-refractivity contribution < 1.29 is 9.90 Å². The van der Waals surface area contributed by atoms with Gasteiger partial charge in [0.1, 0.15) is 0 Å². The summed E-state index contributed by atoms with van der Waals surface area (Å²) in [5.74, 6) is -0.862. The number of hydrogen-bond donors (Lipinski definition) is 1. The van der Waals surface area contributed by atoms with Crippen LogP contribution < -0.4 is 0 Å². The highest BCUT2D eigenvalue weighted by Gasteiger charge is 2.32. The van der Waals surface area contributed by atoms with Gasteiger partial charge in [0.2, 0.25) is 0 Å². The molecule has 0 spiro atoms. The molecule has 2 rings (SSSR count). The summed E-state index contributed by atoms with van der Waals surface area (Å²) >= 11 is 1.63. The highest BCUT2D eigenvalue weighted by atomic mass is 32.2. The Kier molecular flexibility index (Phi) is 2.98. The van der Waals surface area contributed by atoms with Crippen molar-refractivity contribution in [3.8, 4) is 0 Å². The van der Waals surface area contributed by atoms with E-state index in [0.29, 0.717) is 13.1 Å². The molecule has 3 nitrogen and oxygen atoms in total. The van der Waals surface area contributed by atoms with E-state index in [4.69, 9.17) is 5.11 Å². The Bertz CT molecular complexity index is 357. The van der Waals surface area contributed by atoms with Crippen molar-refractivity contribution in [1.82, 2.24) is 4.31 Å². The van der Waals surface area contributed by atoms with E-state index in [1.807, 2.05) is 0 Å². The minimum atomic E-state index is -0.684. The Morgan fingerprint density at radius 2 is 2.00 bits per heavy atom. The summed E-state index contributed by atoms with van der Waals surface area (Å²) in [5, 5.41) is 8.72. The van der Waals surface area contributed by atoms with Gasteiger partial charge in [0, 0.05) is 18.0 Å². The lowest BCUT2D eigenvalue weighted by atomic mass is 10.0. The van der Waals surface area contributed by atoms with E-state index in [1.54, 1.807) is 11.9 Å². The zero-order chi connectivity index (χ0) is 10.8. The number of rotatable bonds is 3. The third kappa shape index (κ3) is 2.52. The Balaban J connectivity index is 1.85. The highest BCUT2D eigenvalue weighted by Crippen LogP contribution is 2.30. The van der Waals surface area contributed by atoms with Gasteiger partial charge in [0.15, 0.2) is 0 Å². The van der Waals surface area contributed by atoms with Crippen LogP contribution in [0.25, 0.3) is 0 Å². The molecule has 0 atom stereocenters. The number of benzene rings is 1. The van der Waals surface area contributed by atoms with Crippen LogP contribution in [0, 0.1) is 12.8 Å². The second-order valence-corrected chi connectivity index (χ2v) is 4.96. The average molecular weight is 223 g/mol. The molecule has 80 valence electrons. The van der Waals surface area contributed by atoms with E-state index in [0.717, 1.165) is 0 Å². The van der Waals surface area contributed by atoms with Crippen LogP contribution >= 0.6 is 11.9 Å². The van der Waals surface area contributed by atoms with E-state index in [9.17, 15) is 4.79 Å². The first kappa shape index (κ1) is 10.5. The molecule has 15 heavy (non-hydrogen) atoms. The van der Waals surface area contributed by atoms with Gasteiger partial charge in [0.05, 0.1) is 5.92 Å². The van der Waals surface area contributed by atoms with Gasteiger partial charge in [-0.25, -0.2) is 4.31 Å². The smallest absolute Gasteiger partial charge is 0.309 e. The molecule has 1 aromatic rings. The number of carbonyl (C=O) groups is 1. The van der Waals surface area contributed by atoms with Gasteiger partial charge in [0.25, 0.3) is 0 Å². The van der Waals surface area contributed by atoms with Crippen molar-refractivity contribution in [2.24, 2.45) is 5.92 Å². The first-order chi connectivity index (χ1) is 7.15. The summed E-state index contributed by atoms with van der Waals surface area (Å²) in [6.45, 7) is 3.35. The minimum absolute atomic E-state index is 0.178. The molecule has 4 heteroatoms. The van der Waals surface area contributed by atoms with E-state index >= 15 is 0 Å². The van der Waals surface area contributed by atoms with Crippen molar-refractivity contribution in [2.75, 3.05) is 13.1 Å². The Hall–Kier alpha value is -1.00. The molecule has 1 saturated heterocycles. The van der Waals surface area contributed by atoms with Crippen molar-refractivity contribution >= 4 is 17.9 Å². The van der Waals surface area contributed by atoms with Gasteiger partial charge >= 0.3 is 5.97 Å². The van der Waals surface area contributed by atoms with Crippen molar-refractivity contribution in [3.63, 3.8) is 0 Å². The van der Waals surface area contributed by atoms with Crippen molar-refractivity contribution in [3.05, 3.63) is 29.8 Å². The second-order valence-electron chi connectivity index (χ2n) is 3.79. The van der Waals surface area contributed by atoms with Gasteiger partial charge in [-0.3, -0.25) is 4.79 Å². The molecule has 0 saturated carbocycles. The van der Waals surface area contributed by atoms with Crippen LogP contribution in [0.4, 0.5) is 0 Å². The van der Waals surface area contributed by atoms with E-state index in [2.05, 4.69) is 35.5 Å². The Labute approximate surface area is 93.2 Å². The molecule has 0 radical (unpaired) electrons. The standard InChI is InChI=1S/C11H13NO2S/c1-8-2-4-10(5-3-8)15-12-6-9(7-12)11(13)14/h2-5,9H,6-7H2,1H3,(H,13,14). The molecule has 1 aromatic carbocycles. The normalized spacial score (nSPS) is 17.4. The van der Waals surface area contributed by atoms with Gasteiger partial charge in [-0.15, -0.1) is 0 Å². The summed E-state index contributed by atoms with van der Waals surface area (Å²) < 4.78 is 2.07. The molecular formula is C11H13NO2S.